The monoisotopic (exact) mass is 947 g/mol. The number of hydrogen-bond donors (Lipinski definition) is 1. The molecule has 2 aliphatic heterocycles. The lowest BCUT2D eigenvalue weighted by Gasteiger charge is -2.41. The summed E-state index contributed by atoms with van der Waals surface area (Å²) < 4.78 is 30.1. The molecule has 4 heterocycles. The van der Waals surface area contributed by atoms with Gasteiger partial charge in [0.25, 0.3) is 0 Å². The van der Waals surface area contributed by atoms with Gasteiger partial charge in [-0.15, -0.1) is 17.9 Å². The third kappa shape index (κ3) is 10.2. The van der Waals surface area contributed by atoms with Gasteiger partial charge in [0.05, 0.1) is 61.9 Å². The summed E-state index contributed by atoms with van der Waals surface area (Å²) in [5, 5.41) is 6.95. The van der Waals surface area contributed by atoms with Crippen molar-refractivity contribution in [2.75, 3.05) is 51.9 Å². The average Bonchev–Trinajstić information content (AvgIpc) is 3.92. The number of halogens is 1. The van der Waals surface area contributed by atoms with E-state index in [-0.39, 0.29) is 61.1 Å². The number of carbonyl (C=O) groups excluding carboxylic acids is 4. The molecule has 3 saturated carbocycles. The number of ether oxygens (including phenoxy) is 5. The van der Waals surface area contributed by atoms with Crippen LogP contribution in [0.1, 0.15) is 93.4 Å². The van der Waals surface area contributed by atoms with Gasteiger partial charge in [-0.1, -0.05) is 38.4 Å². The molecule has 2 saturated heterocycles. The van der Waals surface area contributed by atoms with Gasteiger partial charge in [-0.3, -0.25) is 24.1 Å². The van der Waals surface area contributed by atoms with Crippen LogP contribution in [0, 0.1) is 34.5 Å². The maximum Gasteiger partial charge on any atom is 0.312 e. The molecule has 3 aromatic rings. The molecule has 0 radical (unpaired) electrons. The molecule has 8 atom stereocenters. The Bertz CT molecular complexity index is 2340. The topological polar surface area (TPSA) is 159 Å². The second kappa shape index (κ2) is 19.0. The lowest BCUT2D eigenvalue weighted by Crippen LogP contribution is -2.54. The Morgan fingerprint density at radius 3 is 2.48 bits per heavy atom. The van der Waals surface area contributed by atoms with E-state index < -0.39 is 40.8 Å². The highest BCUT2D eigenvalue weighted by Gasteiger charge is 2.61. The number of methoxy groups -OCH3 is 1. The first-order valence-corrected chi connectivity index (χ1v) is 24.8. The highest BCUT2D eigenvalue weighted by Crippen LogP contribution is 2.57. The summed E-state index contributed by atoms with van der Waals surface area (Å²) in [4.78, 5) is 70.1. The number of Topliss-reactive ketones (excluding diaryl/α,β-unsaturated/α-hetero) is 1. The normalized spacial score (nSPS) is 27.3. The second-order valence-electron chi connectivity index (χ2n) is 21.1. The fraction of sp³-hybridized carbons (Fsp3) is 0.640. The third-order valence-electron chi connectivity index (χ3n) is 14.4. The van der Waals surface area contributed by atoms with E-state index in [9.17, 15) is 14.4 Å². The quantitative estimate of drug-likeness (QED) is 0.0959. The highest BCUT2D eigenvalue weighted by molar-refractivity contribution is 7.14. The summed E-state index contributed by atoms with van der Waals surface area (Å²) in [6.45, 7) is 21.3. The molecule has 3 aliphatic carbocycles. The minimum absolute atomic E-state index is 0.0596. The maximum absolute atomic E-state index is 15.0. The van der Waals surface area contributed by atoms with Crippen LogP contribution in [0.5, 0.6) is 11.5 Å². The van der Waals surface area contributed by atoms with Crippen molar-refractivity contribution in [3.05, 3.63) is 41.3 Å². The fourth-order valence-corrected chi connectivity index (χ4v) is 11.5. The van der Waals surface area contributed by atoms with Gasteiger partial charge in [-0.25, -0.2) is 9.97 Å². The number of thiazole rings is 1. The number of pyridine rings is 1. The summed E-state index contributed by atoms with van der Waals surface area (Å²) in [7, 11) is 1.32. The van der Waals surface area contributed by atoms with E-state index in [1.165, 1.54) is 24.9 Å². The molecule has 358 valence electrons. The molecule has 14 nitrogen and oxygen atoms in total. The number of nitrogens with one attached hydrogen (secondary N) is 1. The zero-order valence-electron chi connectivity index (χ0n) is 39.7. The Balaban J connectivity index is 1.10. The van der Waals surface area contributed by atoms with Crippen LogP contribution < -0.4 is 14.8 Å². The van der Waals surface area contributed by atoms with Crippen LogP contribution in [0.3, 0.4) is 0 Å². The van der Waals surface area contributed by atoms with Gasteiger partial charge in [0.2, 0.25) is 5.91 Å². The van der Waals surface area contributed by atoms with E-state index >= 15 is 4.79 Å². The van der Waals surface area contributed by atoms with Crippen LogP contribution in [-0.2, 0) is 33.4 Å². The number of allylic oxidation sites excluding steroid dienone is 1. The molecule has 5 aliphatic rings. The van der Waals surface area contributed by atoms with E-state index in [1.807, 2.05) is 58.2 Å². The number of morpholine rings is 1. The molecule has 1 N–H and O–H groups in total. The Kier molecular flexibility index (Phi) is 13.9. The summed E-state index contributed by atoms with van der Waals surface area (Å²) >= 11 is 8.66. The van der Waals surface area contributed by atoms with Crippen LogP contribution >= 0.6 is 22.9 Å². The predicted molar refractivity (Wildman–Crippen MR) is 254 cm³/mol. The zero-order valence-corrected chi connectivity index (χ0v) is 41.2. The number of likely N-dealkylation sites (tertiary alicyclic amines) is 1. The van der Waals surface area contributed by atoms with Crippen LogP contribution in [0.4, 0.5) is 5.13 Å². The number of esters is 2. The molecule has 0 spiro atoms. The average molecular weight is 949 g/mol. The first-order valence-electron chi connectivity index (χ1n) is 23.5. The molecular weight excluding hydrogens is 882 g/mol. The van der Waals surface area contributed by atoms with E-state index in [1.54, 1.807) is 11.0 Å². The van der Waals surface area contributed by atoms with Gasteiger partial charge in [0.1, 0.15) is 41.0 Å². The molecule has 8 rings (SSSR count). The Hall–Kier alpha value is -4.31. The first kappa shape index (κ1) is 48.2. The summed E-state index contributed by atoms with van der Waals surface area (Å²) in [6.07, 6.45) is 4.19. The molecule has 5 fully saturated rings. The Morgan fingerprint density at radius 1 is 1.06 bits per heavy atom. The van der Waals surface area contributed by atoms with Crippen molar-refractivity contribution in [3.8, 4) is 22.9 Å². The number of aromatic nitrogens is 2. The number of nitrogens with zero attached hydrogens (tertiary/aromatic N) is 4. The molecule has 1 aromatic carbocycles. The SMILES string of the molecule is C=C[C@@H]1CC1(CC(=O)[C@@H]1C[C@@H](Oc2cc(-c3csc(NC(C)C)n3)nc3c(Cl)c(OCCN4CCOCC4(C)C)ccc23)CN1C(=O)[C@@H](CC(=O)OC1C[C@@H]2C[C@@H]2C1)C(C)(C)C)C(=O)OC. The van der Waals surface area contributed by atoms with Gasteiger partial charge in [0, 0.05) is 54.3 Å². The summed E-state index contributed by atoms with van der Waals surface area (Å²) in [5.41, 5.74) is -0.228. The van der Waals surface area contributed by atoms with Crippen LogP contribution in [0.25, 0.3) is 22.3 Å². The number of carbonyl (C=O) groups is 4. The molecule has 1 amide bonds. The molecule has 2 aromatic heterocycles. The fourth-order valence-electron chi connectivity index (χ4n) is 10.3. The van der Waals surface area contributed by atoms with Crippen molar-refractivity contribution in [1.29, 1.82) is 0 Å². The number of ketones is 1. The van der Waals surface area contributed by atoms with E-state index in [4.69, 9.17) is 45.3 Å². The van der Waals surface area contributed by atoms with Crippen LogP contribution in [0.2, 0.25) is 5.02 Å². The Morgan fingerprint density at radius 2 is 1.82 bits per heavy atom. The maximum atomic E-state index is 15.0. The van der Waals surface area contributed by atoms with Gasteiger partial charge >= 0.3 is 11.9 Å². The highest BCUT2D eigenvalue weighted by atomic mass is 35.5. The van der Waals surface area contributed by atoms with E-state index in [2.05, 4.69) is 30.6 Å². The number of fused-ring (bicyclic) bond motifs is 2. The zero-order chi connectivity index (χ0) is 47.3. The van der Waals surface area contributed by atoms with Crippen molar-refractivity contribution in [3.63, 3.8) is 0 Å². The van der Waals surface area contributed by atoms with Crippen molar-refractivity contribution in [2.45, 2.75) is 123 Å². The van der Waals surface area contributed by atoms with Gasteiger partial charge in [0.15, 0.2) is 10.9 Å². The minimum Gasteiger partial charge on any atom is -0.491 e. The van der Waals surface area contributed by atoms with Crippen molar-refractivity contribution >= 4 is 62.6 Å². The second-order valence-corrected chi connectivity index (χ2v) is 22.3. The molecule has 2 unspecified atom stereocenters. The minimum atomic E-state index is -1.04. The van der Waals surface area contributed by atoms with Crippen molar-refractivity contribution < 1.29 is 42.9 Å². The number of rotatable bonds is 18. The number of anilines is 1. The summed E-state index contributed by atoms with van der Waals surface area (Å²) in [6, 6.07) is 4.73. The van der Waals surface area contributed by atoms with Crippen LogP contribution in [0.15, 0.2) is 36.2 Å². The molecule has 0 bridgehead atoms. The molecular formula is C50H66ClN5O9S. The van der Waals surface area contributed by atoms with Gasteiger partial charge in [-0.05, 0) is 88.7 Å². The first-order chi connectivity index (χ1) is 31.3. The van der Waals surface area contributed by atoms with Gasteiger partial charge in [-0.2, -0.15) is 0 Å². The molecule has 16 heteroatoms. The largest absolute Gasteiger partial charge is 0.491 e. The smallest absolute Gasteiger partial charge is 0.312 e. The van der Waals surface area contributed by atoms with Crippen molar-refractivity contribution in [2.24, 2.45) is 34.5 Å². The van der Waals surface area contributed by atoms with Crippen LogP contribution in [-0.4, -0.2) is 120 Å². The number of amides is 1. The van der Waals surface area contributed by atoms with Crippen molar-refractivity contribution in [1.82, 2.24) is 19.8 Å². The van der Waals surface area contributed by atoms with Gasteiger partial charge < -0.3 is 33.9 Å². The number of benzene rings is 1. The lowest BCUT2D eigenvalue weighted by molar-refractivity contribution is -0.157. The van der Waals surface area contributed by atoms with E-state index in [0.29, 0.717) is 83.4 Å². The third-order valence-corrected chi connectivity index (χ3v) is 15.5. The predicted octanol–water partition coefficient (Wildman–Crippen LogP) is 8.39. The lowest BCUT2D eigenvalue weighted by atomic mass is 9.77. The van der Waals surface area contributed by atoms with E-state index in [0.717, 1.165) is 24.5 Å². The molecule has 66 heavy (non-hydrogen) atoms. The standard InChI is InChI=1S/C50H66ClN5O9S/c1-10-31-23-50(31,46(60)61-9)24-39(57)38-20-33(25-56(38)45(59)35(48(4,5)6)21-42(58)65-32-18-29-17-30(29)19-32)64-41-22-36(37-26-66-47(54-37)52-28(2)3)53-44-34(41)11-12-40(43(44)51)63-16-14-55-13-15-62-27-49(55,7)8/h10-12,22,26,28-33,35,38H,1,13-21,23-25,27H2,2-9H3,(H,52,54)/t29-,30+,31-,32?,33-,35-,38+,50?/m1/s1. The Labute approximate surface area is 397 Å². The number of hydrogen-bond acceptors (Lipinski definition) is 14. The summed E-state index contributed by atoms with van der Waals surface area (Å²) in [5.74, 6) is -0.309.